The maximum atomic E-state index is 13.7. The van der Waals surface area contributed by atoms with Crippen LogP contribution in [-0.4, -0.2) is 26.1 Å². The predicted molar refractivity (Wildman–Crippen MR) is 71.9 cm³/mol. The SMILES string of the molecule is C=CC(F)=C(C(F)=CC)N1CC[Si](C)(C)CC1. The maximum Gasteiger partial charge on any atom is 0.148 e. The van der Waals surface area contributed by atoms with E-state index in [0.29, 0.717) is 0 Å². The highest BCUT2D eigenvalue weighted by Crippen LogP contribution is 2.29. The molecule has 0 aromatic carbocycles. The lowest BCUT2D eigenvalue weighted by molar-refractivity contribution is 0.340. The first-order valence-electron chi connectivity index (χ1n) is 6.00. The van der Waals surface area contributed by atoms with E-state index in [1.54, 1.807) is 6.92 Å². The lowest BCUT2D eigenvalue weighted by Crippen LogP contribution is -2.42. The van der Waals surface area contributed by atoms with Crippen molar-refractivity contribution >= 4 is 8.07 Å². The van der Waals surface area contributed by atoms with Crippen LogP contribution in [-0.2, 0) is 0 Å². The van der Waals surface area contributed by atoms with Gasteiger partial charge in [0.2, 0.25) is 0 Å². The summed E-state index contributed by atoms with van der Waals surface area (Å²) in [6, 6.07) is 2.16. The molecule has 0 unspecified atom stereocenters. The van der Waals surface area contributed by atoms with E-state index >= 15 is 0 Å². The molecule has 0 amide bonds. The second kappa shape index (κ2) is 5.62. The summed E-state index contributed by atoms with van der Waals surface area (Å²) in [4.78, 5) is 1.81. The van der Waals surface area contributed by atoms with Crippen molar-refractivity contribution in [3.63, 3.8) is 0 Å². The third-order valence-corrected chi connectivity index (χ3v) is 6.47. The number of hydrogen-bond acceptors (Lipinski definition) is 1. The summed E-state index contributed by atoms with van der Waals surface area (Å²) in [5, 5.41) is 0. The molecule has 0 bridgehead atoms. The van der Waals surface area contributed by atoms with Crippen LogP contribution >= 0.6 is 0 Å². The van der Waals surface area contributed by atoms with Crippen molar-refractivity contribution in [1.29, 1.82) is 0 Å². The predicted octanol–water partition coefficient (Wildman–Crippen LogP) is 4.25. The van der Waals surface area contributed by atoms with Gasteiger partial charge in [-0.25, -0.2) is 8.78 Å². The standard InChI is InChI=1S/C13H21F2NSi/c1-5-11(14)13(12(15)6-2)16-7-9-17(3,4)10-8-16/h5-6H,1,7-10H2,2-4H3. The fourth-order valence-corrected chi connectivity index (χ4v) is 3.99. The van der Waals surface area contributed by atoms with E-state index in [4.69, 9.17) is 0 Å². The van der Waals surface area contributed by atoms with Gasteiger partial charge < -0.3 is 4.90 Å². The highest BCUT2D eigenvalue weighted by atomic mass is 28.3. The first-order chi connectivity index (χ1) is 7.91. The molecule has 1 rings (SSSR count). The van der Waals surface area contributed by atoms with Crippen molar-refractivity contribution in [2.24, 2.45) is 0 Å². The third kappa shape index (κ3) is 3.53. The average Bonchev–Trinajstić information content (AvgIpc) is 2.30. The quantitative estimate of drug-likeness (QED) is 0.539. The van der Waals surface area contributed by atoms with E-state index in [1.807, 2.05) is 4.90 Å². The zero-order valence-corrected chi connectivity index (χ0v) is 11.9. The van der Waals surface area contributed by atoms with Crippen LogP contribution < -0.4 is 0 Å². The molecule has 96 valence electrons. The molecule has 0 saturated carbocycles. The molecule has 1 fully saturated rings. The number of nitrogens with zero attached hydrogens (tertiary/aromatic N) is 1. The zero-order valence-electron chi connectivity index (χ0n) is 10.9. The van der Waals surface area contributed by atoms with Crippen LogP contribution in [0.2, 0.25) is 25.2 Å². The van der Waals surface area contributed by atoms with E-state index in [1.165, 1.54) is 6.08 Å². The largest absolute Gasteiger partial charge is 0.367 e. The molecule has 1 heterocycles. The second-order valence-corrected chi connectivity index (χ2v) is 10.5. The van der Waals surface area contributed by atoms with Gasteiger partial charge >= 0.3 is 0 Å². The Labute approximate surface area is 104 Å². The van der Waals surface area contributed by atoms with Crippen LogP contribution in [0.5, 0.6) is 0 Å². The van der Waals surface area contributed by atoms with E-state index in [2.05, 4.69) is 19.7 Å². The van der Waals surface area contributed by atoms with Gasteiger partial charge in [0.25, 0.3) is 0 Å². The Morgan fingerprint density at radius 2 is 1.76 bits per heavy atom. The molecule has 1 aliphatic rings. The number of hydrogen-bond donors (Lipinski definition) is 0. The topological polar surface area (TPSA) is 3.24 Å². The summed E-state index contributed by atoms with van der Waals surface area (Å²) in [6.07, 6.45) is 2.38. The smallest absolute Gasteiger partial charge is 0.148 e. The van der Waals surface area contributed by atoms with Crippen LogP contribution in [0.1, 0.15) is 6.92 Å². The van der Waals surface area contributed by atoms with E-state index in [9.17, 15) is 8.78 Å². The lowest BCUT2D eigenvalue weighted by Gasteiger charge is -2.37. The van der Waals surface area contributed by atoms with Crippen molar-refractivity contribution in [2.75, 3.05) is 13.1 Å². The van der Waals surface area contributed by atoms with Crippen LogP contribution in [0.15, 0.2) is 36.1 Å². The molecule has 17 heavy (non-hydrogen) atoms. The molecule has 0 aliphatic carbocycles. The summed E-state index contributed by atoms with van der Waals surface area (Å²) in [5.74, 6) is -1.06. The van der Waals surface area contributed by atoms with Gasteiger partial charge in [-0.3, -0.25) is 0 Å². The first-order valence-corrected chi connectivity index (χ1v) is 9.42. The van der Waals surface area contributed by atoms with Gasteiger partial charge in [-0.15, -0.1) is 0 Å². The molecular weight excluding hydrogens is 236 g/mol. The normalized spacial score (nSPS) is 22.2. The number of rotatable bonds is 3. The van der Waals surface area contributed by atoms with Crippen molar-refractivity contribution in [1.82, 2.24) is 4.90 Å². The van der Waals surface area contributed by atoms with Gasteiger partial charge in [0.05, 0.1) is 8.07 Å². The van der Waals surface area contributed by atoms with Gasteiger partial charge in [-0.1, -0.05) is 19.7 Å². The molecule has 0 radical (unpaired) electrons. The second-order valence-electron chi connectivity index (χ2n) is 5.19. The Morgan fingerprint density at radius 1 is 1.24 bits per heavy atom. The molecule has 0 atom stereocenters. The molecule has 1 aliphatic heterocycles. The summed E-state index contributed by atoms with van der Waals surface area (Å²) < 4.78 is 27.4. The summed E-state index contributed by atoms with van der Waals surface area (Å²) in [5.41, 5.74) is 0.0759. The lowest BCUT2D eigenvalue weighted by atomic mass is 10.2. The minimum atomic E-state index is -1.12. The molecular formula is C13H21F2NSi. The average molecular weight is 257 g/mol. The summed E-state index contributed by atoms with van der Waals surface area (Å²) in [7, 11) is -1.12. The molecule has 0 N–H and O–H groups in total. The van der Waals surface area contributed by atoms with Crippen LogP contribution in [0.4, 0.5) is 8.78 Å². The fourth-order valence-electron chi connectivity index (χ4n) is 1.99. The van der Waals surface area contributed by atoms with Crippen LogP contribution in [0.3, 0.4) is 0 Å². The van der Waals surface area contributed by atoms with E-state index in [0.717, 1.165) is 31.3 Å². The van der Waals surface area contributed by atoms with Crippen molar-refractivity contribution in [3.05, 3.63) is 36.1 Å². The Hall–Kier alpha value is -0.903. The molecule has 1 saturated heterocycles. The van der Waals surface area contributed by atoms with Gasteiger partial charge in [-0.05, 0) is 31.2 Å². The first kappa shape index (κ1) is 14.2. The maximum absolute atomic E-state index is 13.7. The summed E-state index contributed by atoms with van der Waals surface area (Å²) >= 11 is 0. The Bertz CT molecular complexity index is 348. The van der Waals surface area contributed by atoms with Gasteiger partial charge in [0.1, 0.15) is 17.4 Å². The van der Waals surface area contributed by atoms with Crippen LogP contribution in [0, 0.1) is 0 Å². The monoisotopic (exact) mass is 257 g/mol. The van der Waals surface area contributed by atoms with Crippen molar-refractivity contribution < 1.29 is 8.78 Å². The molecule has 0 aromatic rings. The minimum Gasteiger partial charge on any atom is -0.367 e. The number of allylic oxidation sites excluding steroid dienone is 4. The van der Waals surface area contributed by atoms with Crippen molar-refractivity contribution in [3.8, 4) is 0 Å². The zero-order chi connectivity index (χ0) is 13.1. The third-order valence-electron chi connectivity index (χ3n) is 3.32. The number of halogens is 2. The van der Waals surface area contributed by atoms with Crippen molar-refractivity contribution in [2.45, 2.75) is 32.1 Å². The Kier molecular flexibility index (Phi) is 4.68. The molecule has 4 heteroatoms. The van der Waals surface area contributed by atoms with Gasteiger partial charge in [0, 0.05) is 13.1 Å². The summed E-state index contributed by atoms with van der Waals surface area (Å²) in [6.45, 7) is 11.1. The van der Waals surface area contributed by atoms with Crippen LogP contribution in [0.25, 0.3) is 0 Å². The molecule has 0 spiro atoms. The highest BCUT2D eigenvalue weighted by molar-refractivity contribution is 6.77. The fraction of sp³-hybridized carbons (Fsp3) is 0.538. The van der Waals surface area contributed by atoms with E-state index < -0.39 is 19.7 Å². The van der Waals surface area contributed by atoms with Gasteiger partial charge in [-0.2, -0.15) is 0 Å². The molecule has 1 nitrogen and oxygen atoms in total. The molecule has 0 aromatic heterocycles. The Morgan fingerprint density at radius 3 is 2.18 bits per heavy atom. The highest BCUT2D eigenvalue weighted by Gasteiger charge is 2.30. The Balaban J connectivity index is 2.92. The van der Waals surface area contributed by atoms with E-state index in [-0.39, 0.29) is 5.70 Å². The minimum absolute atomic E-state index is 0.0759. The van der Waals surface area contributed by atoms with Gasteiger partial charge in [0.15, 0.2) is 0 Å².